The van der Waals surface area contributed by atoms with E-state index < -0.39 is 5.41 Å². The van der Waals surface area contributed by atoms with Gasteiger partial charge in [-0.15, -0.1) is 11.3 Å². The summed E-state index contributed by atoms with van der Waals surface area (Å²) >= 11 is 1.57. The first-order valence-corrected chi connectivity index (χ1v) is 8.42. The summed E-state index contributed by atoms with van der Waals surface area (Å²) in [4.78, 5) is 13.7. The molecule has 6 heteroatoms. The second-order valence-electron chi connectivity index (χ2n) is 5.78. The molecule has 4 rings (SSSR count). The van der Waals surface area contributed by atoms with E-state index in [9.17, 15) is 4.79 Å². The summed E-state index contributed by atoms with van der Waals surface area (Å²) in [6, 6.07) is 14.7. The molecule has 1 amide bonds. The second-order valence-corrected chi connectivity index (χ2v) is 6.73. The van der Waals surface area contributed by atoms with Gasteiger partial charge in [-0.2, -0.15) is 5.26 Å². The molecule has 1 aliphatic carbocycles. The van der Waals surface area contributed by atoms with Crippen molar-refractivity contribution >= 4 is 22.9 Å². The van der Waals surface area contributed by atoms with Crippen LogP contribution in [0.2, 0.25) is 0 Å². The fraction of sp³-hybridized carbons (Fsp3) is 0.167. The molecule has 1 N–H and O–H groups in total. The van der Waals surface area contributed by atoms with Crippen molar-refractivity contribution in [3.63, 3.8) is 0 Å². The van der Waals surface area contributed by atoms with Crippen molar-refractivity contribution in [3.05, 3.63) is 59.1 Å². The van der Waals surface area contributed by atoms with Crippen molar-refractivity contribution in [2.45, 2.75) is 18.3 Å². The van der Waals surface area contributed by atoms with Crippen molar-refractivity contribution in [2.75, 3.05) is 5.32 Å². The molecule has 3 aromatic rings. The summed E-state index contributed by atoms with van der Waals surface area (Å²) < 4.78 is 5.41. The van der Waals surface area contributed by atoms with Gasteiger partial charge in [0, 0.05) is 11.8 Å². The van der Waals surface area contributed by atoms with E-state index in [1.807, 2.05) is 23.6 Å². The Labute approximate surface area is 142 Å². The zero-order valence-corrected chi connectivity index (χ0v) is 13.5. The van der Waals surface area contributed by atoms with E-state index in [2.05, 4.69) is 16.5 Å². The van der Waals surface area contributed by atoms with Crippen LogP contribution >= 0.6 is 11.3 Å². The first-order valence-electron chi connectivity index (χ1n) is 7.54. The third-order valence-corrected chi connectivity index (χ3v) is 5.08. The molecule has 1 aliphatic rings. The van der Waals surface area contributed by atoms with Gasteiger partial charge in [-0.3, -0.25) is 4.79 Å². The molecule has 1 saturated carbocycles. The Morgan fingerprint density at radius 2 is 2.17 bits per heavy atom. The van der Waals surface area contributed by atoms with Gasteiger partial charge < -0.3 is 9.84 Å². The molecular weight excluding hydrogens is 322 g/mol. The van der Waals surface area contributed by atoms with Crippen LogP contribution in [-0.4, -0.2) is 11.1 Å². The first kappa shape index (κ1) is 14.7. The summed E-state index contributed by atoms with van der Waals surface area (Å²) in [5, 5.41) is 17.9. The Bertz CT molecular complexity index is 933. The Morgan fingerprint density at radius 1 is 1.29 bits per heavy atom. The van der Waals surface area contributed by atoms with E-state index in [1.165, 1.54) is 0 Å². The highest BCUT2D eigenvalue weighted by molar-refractivity contribution is 7.13. The lowest BCUT2D eigenvalue weighted by Crippen LogP contribution is -2.28. The zero-order chi connectivity index (χ0) is 16.6. The Balaban J connectivity index is 1.57. The molecule has 2 heterocycles. The number of carbonyl (C=O) groups is 1. The predicted octanol–water partition coefficient (Wildman–Crippen LogP) is 3.95. The first-order chi connectivity index (χ1) is 11.7. The number of nitrogens with zero attached hydrogens (tertiary/aromatic N) is 2. The number of hydrogen-bond donors (Lipinski definition) is 1. The lowest BCUT2D eigenvalue weighted by Gasteiger charge is -2.12. The molecule has 118 valence electrons. The molecule has 0 saturated heterocycles. The maximum Gasteiger partial charge on any atom is 0.236 e. The van der Waals surface area contributed by atoms with E-state index in [-0.39, 0.29) is 5.91 Å². The molecule has 2 aromatic heterocycles. The van der Waals surface area contributed by atoms with E-state index in [4.69, 9.17) is 9.78 Å². The normalized spacial score (nSPS) is 14.8. The van der Waals surface area contributed by atoms with Crippen molar-refractivity contribution < 1.29 is 9.32 Å². The van der Waals surface area contributed by atoms with Gasteiger partial charge in [0.05, 0.1) is 27.6 Å². The molecule has 0 radical (unpaired) electrons. The number of carbonyl (C=O) groups excluding carboxylic acids is 1. The van der Waals surface area contributed by atoms with Crippen molar-refractivity contribution in [3.8, 4) is 16.7 Å². The van der Waals surface area contributed by atoms with Gasteiger partial charge in [-0.25, -0.2) is 0 Å². The van der Waals surface area contributed by atoms with Crippen LogP contribution in [-0.2, 0) is 10.2 Å². The van der Waals surface area contributed by atoms with Crippen LogP contribution in [0.25, 0.3) is 10.6 Å². The van der Waals surface area contributed by atoms with Crippen LogP contribution < -0.4 is 5.32 Å². The number of anilines is 1. The average molecular weight is 335 g/mol. The highest BCUT2D eigenvalue weighted by Gasteiger charge is 2.53. The molecule has 24 heavy (non-hydrogen) atoms. The summed E-state index contributed by atoms with van der Waals surface area (Å²) in [6.07, 6.45) is 1.49. The number of thiophene rings is 1. The number of nitrogens with one attached hydrogen (secondary N) is 1. The smallest absolute Gasteiger partial charge is 0.236 e. The standard InChI is InChI=1S/C18H13N3O2S/c19-11-12-3-1-4-13(9-12)20-17(22)18(6-7-18)16-10-14(23-21-16)15-5-2-8-24-15/h1-5,8-10H,6-7H2,(H,20,22). The van der Waals surface area contributed by atoms with Crippen LogP contribution in [0.4, 0.5) is 5.69 Å². The van der Waals surface area contributed by atoms with Crippen LogP contribution in [0.15, 0.2) is 52.4 Å². The molecule has 0 unspecified atom stereocenters. The highest BCUT2D eigenvalue weighted by atomic mass is 32.1. The minimum Gasteiger partial charge on any atom is -0.355 e. The summed E-state index contributed by atoms with van der Waals surface area (Å²) in [5.74, 6) is 0.578. The number of benzene rings is 1. The fourth-order valence-electron chi connectivity index (χ4n) is 2.68. The minimum absolute atomic E-state index is 0.108. The van der Waals surface area contributed by atoms with Crippen LogP contribution in [0, 0.1) is 11.3 Å². The maximum absolute atomic E-state index is 12.7. The van der Waals surface area contributed by atoms with Gasteiger partial charge in [-0.05, 0) is 42.5 Å². The SMILES string of the molecule is N#Cc1cccc(NC(=O)C2(c3cc(-c4cccs4)on3)CC2)c1. The third kappa shape index (κ3) is 2.49. The Hall–Kier alpha value is -2.91. The van der Waals surface area contributed by atoms with Crippen LogP contribution in [0.3, 0.4) is 0 Å². The fourth-order valence-corrected chi connectivity index (χ4v) is 3.35. The van der Waals surface area contributed by atoms with Gasteiger partial charge in [0.15, 0.2) is 5.76 Å². The Kier molecular flexibility index (Phi) is 3.44. The van der Waals surface area contributed by atoms with E-state index in [0.717, 1.165) is 17.7 Å². The molecule has 0 spiro atoms. The second kappa shape index (κ2) is 5.62. The molecule has 0 bridgehead atoms. The number of aromatic nitrogens is 1. The molecule has 1 aromatic carbocycles. The molecule has 5 nitrogen and oxygen atoms in total. The van der Waals surface area contributed by atoms with Gasteiger partial charge in [0.2, 0.25) is 5.91 Å². The summed E-state index contributed by atoms with van der Waals surface area (Å²) in [6.45, 7) is 0. The minimum atomic E-state index is -0.623. The van der Waals surface area contributed by atoms with Crippen LogP contribution in [0.5, 0.6) is 0 Å². The van der Waals surface area contributed by atoms with E-state index >= 15 is 0 Å². The van der Waals surface area contributed by atoms with E-state index in [0.29, 0.717) is 22.7 Å². The summed E-state index contributed by atoms with van der Waals surface area (Å²) in [7, 11) is 0. The van der Waals surface area contributed by atoms with Crippen molar-refractivity contribution in [2.24, 2.45) is 0 Å². The maximum atomic E-state index is 12.7. The topological polar surface area (TPSA) is 78.9 Å². The van der Waals surface area contributed by atoms with Gasteiger partial charge >= 0.3 is 0 Å². The quantitative estimate of drug-likeness (QED) is 0.783. The average Bonchev–Trinajstić information content (AvgIpc) is 3.02. The highest BCUT2D eigenvalue weighted by Crippen LogP contribution is 2.49. The lowest BCUT2D eigenvalue weighted by atomic mass is 10.0. The van der Waals surface area contributed by atoms with Gasteiger partial charge in [0.25, 0.3) is 0 Å². The van der Waals surface area contributed by atoms with Gasteiger partial charge in [0.1, 0.15) is 0 Å². The third-order valence-electron chi connectivity index (χ3n) is 4.20. The predicted molar refractivity (Wildman–Crippen MR) is 90.5 cm³/mol. The van der Waals surface area contributed by atoms with Crippen molar-refractivity contribution in [1.82, 2.24) is 5.16 Å². The van der Waals surface area contributed by atoms with Gasteiger partial charge in [-0.1, -0.05) is 17.3 Å². The van der Waals surface area contributed by atoms with E-state index in [1.54, 1.807) is 35.6 Å². The zero-order valence-electron chi connectivity index (χ0n) is 12.7. The number of rotatable bonds is 4. The lowest BCUT2D eigenvalue weighted by molar-refractivity contribution is -0.118. The number of nitriles is 1. The number of hydrogen-bond acceptors (Lipinski definition) is 5. The van der Waals surface area contributed by atoms with Crippen LogP contribution in [0.1, 0.15) is 24.1 Å². The van der Waals surface area contributed by atoms with Crippen molar-refractivity contribution in [1.29, 1.82) is 5.26 Å². The molecule has 1 fully saturated rings. The molecule has 0 aliphatic heterocycles. The Morgan fingerprint density at radius 3 is 2.88 bits per heavy atom. The summed E-state index contributed by atoms with van der Waals surface area (Å²) in [5.41, 5.74) is 1.17. The monoisotopic (exact) mass is 335 g/mol. The molecule has 0 atom stereocenters. The largest absolute Gasteiger partial charge is 0.355 e. The molecular formula is C18H13N3O2S. The number of amides is 1.